The van der Waals surface area contributed by atoms with Crippen LogP contribution in [0, 0.1) is 0 Å². The number of aliphatic hydroxyl groups excluding tert-OH is 1. The van der Waals surface area contributed by atoms with Crippen LogP contribution in [-0.2, 0) is 0 Å². The van der Waals surface area contributed by atoms with Crippen molar-refractivity contribution >= 4 is 17.5 Å². The number of anilines is 2. The maximum absolute atomic E-state index is 14.2. The zero-order chi connectivity index (χ0) is 18.8. The standard InChI is InChI=1S/C15H21F4N5O/c1-7(2)20-13-22-12(9-5-4-6-10(25)11(9)16)23-14(24-13)21-8(3)15(17,18)19/h7-8,10,25H,4-6H2,1-3H3,(H2,20,21,22,23,24)/t8?,10-/m1/s1. The van der Waals surface area contributed by atoms with E-state index >= 15 is 0 Å². The first kappa shape index (κ1) is 19.4. The number of nitrogens with zero attached hydrogens (tertiary/aromatic N) is 3. The van der Waals surface area contributed by atoms with E-state index in [1.165, 1.54) is 0 Å². The zero-order valence-corrected chi connectivity index (χ0v) is 14.2. The summed E-state index contributed by atoms with van der Waals surface area (Å²) in [6.45, 7) is 4.54. The minimum atomic E-state index is -4.48. The van der Waals surface area contributed by atoms with Gasteiger partial charge in [-0.05, 0) is 40.0 Å². The molecule has 1 aliphatic carbocycles. The third-order valence-corrected chi connectivity index (χ3v) is 3.64. The molecule has 0 bridgehead atoms. The maximum Gasteiger partial charge on any atom is 0.408 e. The number of aliphatic hydroxyl groups is 1. The summed E-state index contributed by atoms with van der Waals surface area (Å²) in [4.78, 5) is 11.9. The molecule has 10 heteroatoms. The quantitative estimate of drug-likeness (QED) is 0.697. The molecular weight excluding hydrogens is 342 g/mol. The number of halogens is 4. The normalized spacial score (nSPS) is 20.0. The van der Waals surface area contributed by atoms with Crippen LogP contribution in [0.5, 0.6) is 0 Å². The van der Waals surface area contributed by atoms with Crippen LogP contribution in [0.3, 0.4) is 0 Å². The van der Waals surface area contributed by atoms with Gasteiger partial charge >= 0.3 is 6.18 Å². The number of hydrogen-bond acceptors (Lipinski definition) is 6. The van der Waals surface area contributed by atoms with E-state index in [1.54, 1.807) is 13.8 Å². The van der Waals surface area contributed by atoms with E-state index in [1.807, 2.05) is 0 Å². The molecule has 25 heavy (non-hydrogen) atoms. The Hall–Kier alpha value is -1.97. The first-order chi connectivity index (χ1) is 11.6. The Labute approximate surface area is 142 Å². The summed E-state index contributed by atoms with van der Waals surface area (Å²) in [7, 11) is 0. The summed E-state index contributed by atoms with van der Waals surface area (Å²) < 4.78 is 52.5. The van der Waals surface area contributed by atoms with Crippen molar-refractivity contribution in [2.75, 3.05) is 10.6 Å². The summed E-state index contributed by atoms with van der Waals surface area (Å²) in [6.07, 6.45) is -4.61. The largest absolute Gasteiger partial charge is 0.408 e. The molecule has 6 nitrogen and oxygen atoms in total. The van der Waals surface area contributed by atoms with Gasteiger partial charge in [0.2, 0.25) is 11.9 Å². The summed E-state index contributed by atoms with van der Waals surface area (Å²) >= 11 is 0. The molecule has 3 N–H and O–H groups in total. The fourth-order valence-electron chi connectivity index (χ4n) is 2.31. The van der Waals surface area contributed by atoms with Crippen LogP contribution < -0.4 is 10.6 Å². The molecule has 1 aliphatic rings. The average molecular weight is 363 g/mol. The summed E-state index contributed by atoms with van der Waals surface area (Å²) in [5.41, 5.74) is 0.0932. The predicted molar refractivity (Wildman–Crippen MR) is 85.6 cm³/mol. The first-order valence-corrected chi connectivity index (χ1v) is 8.00. The number of aromatic nitrogens is 3. The lowest BCUT2D eigenvalue weighted by atomic mass is 9.96. The van der Waals surface area contributed by atoms with E-state index in [2.05, 4.69) is 25.6 Å². The first-order valence-electron chi connectivity index (χ1n) is 8.00. The van der Waals surface area contributed by atoms with Gasteiger partial charge < -0.3 is 15.7 Å². The van der Waals surface area contributed by atoms with Crippen molar-refractivity contribution in [3.8, 4) is 0 Å². The van der Waals surface area contributed by atoms with E-state index in [4.69, 9.17) is 0 Å². The maximum atomic E-state index is 14.2. The highest BCUT2D eigenvalue weighted by Crippen LogP contribution is 2.32. The minimum absolute atomic E-state index is 0.0391. The van der Waals surface area contributed by atoms with Crippen LogP contribution in [0.25, 0.3) is 5.57 Å². The topological polar surface area (TPSA) is 83.0 Å². The Morgan fingerprint density at radius 2 is 1.68 bits per heavy atom. The van der Waals surface area contributed by atoms with Crippen molar-refractivity contribution in [1.29, 1.82) is 0 Å². The van der Waals surface area contributed by atoms with Gasteiger partial charge in [-0.15, -0.1) is 0 Å². The molecule has 140 valence electrons. The Kier molecular flexibility index (Phi) is 5.81. The van der Waals surface area contributed by atoms with Crippen molar-refractivity contribution in [1.82, 2.24) is 15.0 Å². The lowest BCUT2D eigenvalue weighted by molar-refractivity contribution is -0.138. The van der Waals surface area contributed by atoms with Gasteiger partial charge in [-0.1, -0.05) is 0 Å². The Morgan fingerprint density at radius 1 is 1.08 bits per heavy atom. The van der Waals surface area contributed by atoms with E-state index in [0.29, 0.717) is 12.8 Å². The van der Waals surface area contributed by atoms with Crippen LogP contribution >= 0.6 is 0 Å². The Morgan fingerprint density at radius 3 is 2.24 bits per heavy atom. The smallest absolute Gasteiger partial charge is 0.386 e. The summed E-state index contributed by atoms with van der Waals surface area (Å²) in [5.74, 6) is -1.09. The molecule has 0 aromatic carbocycles. The van der Waals surface area contributed by atoms with Crippen molar-refractivity contribution in [3.05, 3.63) is 11.7 Å². The van der Waals surface area contributed by atoms with Gasteiger partial charge in [-0.3, -0.25) is 0 Å². The third-order valence-electron chi connectivity index (χ3n) is 3.64. The summed E-state index contributed by atoms with van der Waals surface area (Å²) in [6, 6.07) is -1.97. The molecule has 1 unspecified atom stereocenters. The molecule has 2 atom stereocenters. The fourth-order valence-corrected chi connectivity index (χ4v) is 2.31. The molecular formula is C15H21F4N5O. The second kappa shape index (κ2) is 7.51. The molecule has 0 fully saturated rings. The molecule has 0 amide bonds. The van der Waals surface area contributed by atoms with Crippen LogP contribution in [0.2, 0.25) is 0 Å². The highest BCUT2D eigenvalue weighted by Gasteiger charge is 2.36. The summed E-state index contributed by atoms with van der Waals surface area (Å²) in [5, 5.41) is 14.7. The highest BCUT2D eigenvalue weighted by molar-refractivity contribution is 5.65. The van der Waals surface area contributed by atoms with Crippen molar-refractivity contribution in [3.63, 3.8) is 0 Å². The van der Waals surface area contributed by atoms with Gasteiger partial charge in [-0.25, -0.2) is 4.39 Å². The lowest BCUT2D eigenvalue weighted by Crippen LogP contribution is -2.34. The minimum Gasteiger partial charge on any atom is -0.386 e. The molecule has 0 spiro atoms. The number of alkyl halides is 3. The van der Waals surface area contributed by atoms with E-state index in [9.17, 15) is 22.7 Å². The molecule has 1 aromatic heterocycles. The number of allylic oxidation sites excluding steroid dienone is 1. The molecule has 0 radical (unpaired) electrons. The second-order valence-electron chi connectivity index (χ2n) is 6.25. The SMILES string of the molecule is CC(C)Nc1nc(NC(C)C(F)(F)F)nc(C2=C(F)[C@H](O)CCC2)n1. The number of nitrogens with one attached hydrogen (secondary N) is 2. The average Bonchev–Trinajstić information content (AvgIpc) is 2.48. The fraction of sp³-hybridized carbons (Fsp3) is 0.667. The van der Waals surface area contributed by atoms with Gasteiger partial charge in [0.25, 0.3) is 0 Å². The highest BCUT2D eigenvalue weighted by atomic mass is 19.4. The van der Waals surface area contributed by atoms with Crippen LogP contribution in [0.4, 0.5) is 29.5 Å². The van der Waals surface area contributed by atoms with E-state index in [0.717, 1.165) is 6.92 Å². The zero-order valence-electron chi connectivity index (χ0n) is 14.2. The van der Waals surface area contributed by atoms with Crippen LogP contribution in [0.1, 0.15) is 45.9 Å². The lowest BCUT2D eigenvalue weighted by Gasteiger charge is -2.21. The van der Waals surface area contributed by atoms with E-state index < -0.39 is 24.1 Å². The second-order valence-corrected chi connectivity index (χ2v) is 6.25. The number of rotatable bonds is 5. The number of hydrogen-bond donors (Lipinski definition) is 3. The molecule has 1 aromatic rings. The van der Waals surface area contributed by atoms with Crippen molar-refractivity contribution in [2.24, 2.45) is 0 Å². The molecule has 2 rings (SSSR count). The van der Waals surface area contributed by atoms with Gasteiger partial charge in [0, 0.05) is 11.6 Å². The molecule has 0 saturated heterocycles. The van der Waals surface area contributed by atoms with Crippen molar-refractivity contribution < 1.29 is 22.7 Å². The van der Waals surface area contributed by atoms with Gasteiger partial charge in [0.05, 0.1) is 0 Å². The predicted octanol–water partition coefficient (Wildman–Crippen LogP) is 3.28. The van der Waals surface area contributed by atoms with Gasteiger partial charge in [0.15, 0.2) is 5.82 Å². The van der Waals surface area contributed by atoms with Crippen LogP contribution in [-0.4, -0.2) is 44.4 Å². The molecule has 0 aliphatic heterocycles. The monoisotopic (exact) mass is 363 g/mol. The third kappa shape index (κ3) is 5.00. The van der Waals surface area contributed by atoms with Crippen LogP contribution in [0.15, 0.2) is 5.83 Å². The molecule has 1 heterocycles. The van der Waals surface area contributed by atoms with E-state index in [-0.39, 0.29) is 35.8 Å². The Balaban J connectivity index is 2.42. The van der Waals surface area contributed by atoms with Gasteiger partial charge in [0.1, 0.15) is 18.0 Å². The molecule has 0 saturated carbocycles. The van der Waals surface area contributed by atoms with Gasteiger partial charge in [-0.2, -0.15) is 28.1 Å². The Bertz CT molecular complexity index is 647. The van der Waals surface area contributed by atoms with Crippen molar-refractivity contribution in [2.45, 2.75) is 64.4 Å².